The molecule has 0 radical (unpaired) electrons. The van der Waals surface area contributed by atoms with Gasteiger partial charge in [-0.15, -0.1) is 0 Å². The fraction of sp³-hybridized carbons (Fsp3) is 0.417. The van der Waals surface area contributed by atoms with E-state index in [1.807, 2.05) is 20.8 Å². The minimum atomic E-state index is -1.59. The van der Waals surface area contributed by atoms with Gasteiger partial charge in [0.05, 0.1) is 25.8 Å². The molecule has 3 N–H and O–H groups in total. The van der Waals surface area contributed by atoms with Crippen LogP contribution in [0.1, 0.15) is 55.3 Å². The summed E-state index contributed by atoms with van der Waals surface area (Å²) in [5.74, 6) is -2.04. The van der Waals surface area contributed by atoms with Crippen molar-refractivity contribution in [2.75, 3.05) is 25.6 Å². The van der Waals surface area contributed by atoms with Crippen LogP contribution in [0.4, 0.5) is 5.69 Å². The molecule has 0 aliphatic rings. The Hall–Kier alpha value is -3.10. The van der Waals surface area contributed by atoms with Crippen LogP contribution in [-0.2, 0) is 4.74 Å². The third-order valence-corrected chi connectivity index (χ3v) is 4.36. The van der Waals surface area contributed by atoms with Gasteiger partial charge in [0.15, 0.2) is 0 Å². The molecule has 32 heavy (non-hydrogen) atoms. The van der Waals surface area contributed by atoms with Crippen molar-refractivity contribution in [1.29, 1.82) is 0 Å². The van der Waals surface area contributed by atoms with E-state index < -0.39 is 17.7 Å². The fourth-order valence-corrected chi connectivity index (χ4v) is 2.80. The molecule has 0 aliphatic carbocycles. The first-order chi connectivity index (χ1) is 15.0. The summed E-state index contributed by atoms with van der Waals surface area (Å²) >= 11 is 0. The van der Waals surface area contributed by atoms with Crippen LogP contribution < -0.4 is 20.1 Å². The largest absolute Gasteiger partial charge is 0.496 e. The highest BCUT2D eigenvalue weighted by Crippen LogP contribution is 2.28. The highest BCUT2D eigenvalue weighted by molar-refractivity contribution is 6.06. The summed E-state index contributed by atoms with van der Waals surface area (Å²) in [6, 6.07) is 11.4. The van der Waals surface area contributed by atoms with Crippen molar-refractivity contribution in [3.8, 4) is 11.5 Å². The van der Waals surface area contributed by atoms with Crippen LogP contribution in [0.25, 0.3) is 0 Å². The van der Waals surface area contributed by atoms with Crippen molar-refractivity contribution >= 4 is 17.6 Å². The Balaban J connectivity index is 2.29. The number of nitrogens with one attached hydrogen (secondary N) is 2. The summed E-state index contributed by atoms with van der Waals surface area (Å²) in [7, 11) is 1.48. The maximum Gasteiger partial charge on any atom is 0.341 e. The first kappa shape index (κ1) is 25.2. The van der Waals surface area contributed by atoms with E-state index in [0.717, 1.165) is 0 Å². The second kappa shape index (κ2) is 10.5. The van der Waals surface area contributed by atoms with Crippen molar-refractivity contribution in [2.24, 2.45) is 0 Å². The Kier molecular flexibility index (Phi) is 8.24. The van der Waals surface area contributed by atoms with E-state index in [1.54, 1.807) is 37.3 Å². The van der Waals surface area contributed by atoms with Crippen LogP contribution in [0.5, 0.6) is 11.5 Å². The van der Waals surface area contributed by atoms with Crippen LogP contribution in [0.15, 0.2) is 42.5 Å². The lowest BCUT2D eigenvalue weighted by Gasteiger charge is -2.30. The molecule has 0 saturated heterocycles. The summed E-state index contributed by atoms with van der Waals surface area (Å²) in [6.45, 7) is 9.38. The Bertz CT molecular complexity index is 950. The molecule has 2 rings (SSSR count). The minimum absolute atomic E-state index is 0.0840. The zero-order valence-corrected chi connectivity index (χ0v) is 19.4. The Labute approximate surface area is 188 Å². The summed E-state index contributed by atoms with van der Waals surface area (Å²) in [4.78, 5) is 25.3. The van der Waals surface area contributed by atoms with E-state index in [-0.39, 0.29) is 30.0 Å². The molecule has 2 aromatic rings. The second-order valence-corrected chi connectivity index (χ2v) is 8.47. The van der Waals surface area contributed by atoms with Crippen LogP contribution in [-0.4, -0.2) is 48.6 Å². The van der Waals surface area contributed by atoms with Gasteiger partial charge in [-0.25, -0.2) is 4.79 Å². The van der Waals surface area contributed by atoms with Gasteiger partial charge in [0, 0.05) is 18.2 Å². The van der Waals surface area contributed by atoms with Crippen molar-refractivity contribution in [1.82, 2.24) is 5.32 Å². The smallest absolute Gasteiger partial charge is 0.341 e. The van der Waals surface area contributed by atoms with Crippen LogP contribution in [0.3, 0.4) is 0 Å². The third-order valence-electron chi connectivity index (χ3n) is 4.36. The molecule has 0 spiro atoms. The van der Waals surface area contributed by atoms with Gasteiger partial charge in [0.1, 0.15) is 17.1 Å². The van der Waals surface area contributed by atoms with E-state index in [9.17, 15) is 14.7 Å². The number of hydrogen-bond donors (Lipinski definition) is 3. The maximum absolute atomic E-state index is 12.7. The zero-order valence-electron chi connectivity index (χ0n) is 19.4. The number of aliphatic hydroxyl groups is 1. The number of benzene rings is 2. The number of anilines is 1. The Morgan fingerprint density at radius 2 is 1.69 bits per heavy atom. The topological polar surface area (TPSA) is 106 Å². The number of carbonyl (C=O) groups is 2. The average molecular weight is 445 g/mol. The normalized spacial score (nSPS) is 13.1. The first-order valence-corrected chi connectivity index (χ1v) is 10.4. The summed E-state index contributed by atoms with van der Waals surface area (Å²) < 4.78 is 16.1. The number of amides is 1. The van der Waals surface area contributed by atoms with Crippen molar-refractivity contribution in [3.05, 3.63) is 53.6 Å². The standard InChI is InChI=1S/C24H32N2O6/c1-7-31-22(28)18-14-16(26-21(27)17-10-8-9-11-19(17)30-6)12-13-20(18)32-24(5,29)15-25-23(2,3)4/h8-14,25,29H,7,15H2,1-6H3,(H,26,27). The molecule has 8 heteroatoms. The van der Waals surface area contributed by atoms with Crippen molar-refractivity contribution in [2.45, 2.75) is 45.9 Å². The second-order valence-electron chi connectivity index (χ2n) is 8.47. The zero-order chi connectivity index (χ0) is 23.9. The molecule has 8 nitrogen and oxygen atoms in total. The molecule has 1 unspecified atom stereocenters. The number of para-hydroxylation sites is 1. The molecule has 2 aromatic carbocycles. The Morgan fingerprint density at radius 1 is 1.00 bits per heavy atom. The number of ether oxygens (including phenoxy) is 3. The summed E-state index contributed by atoms with van der Waals surface area (Å²) in [5.41, 5.74) is 0.568. The molecule has 0 fully saturated rings. The molecule has 1 amide bonds. The predicted octanol–water partition coefficient (Wildman–Crippen LogP) is 3.60. The molecule has 0 bridgehead atoms. The van der Waals surface area contributed by atoms with Gasteiger partial charge in [-0.3, -0.25) is 4.79 Å². The van der Waals surface area contributed by atoms with Gasteiger partial charge < -0.3 is 30.0 Å². The summed E-state index contributed by atoms with van der Waals surface area (Å²) in [6.07, 6.45) is 0. The first-order valence-electron chi connectivity index (χ1n) is 10.4. The average Bonchev–Trinajstić information content (AvgIpc) is 2.73. The molecule has 0 aliphatic heterocycles. The van der Waals surface area contributed by atoms with E-state index in [0.29, 0.717) is 17.0 Å². The van der Waals surface area contributed by atoms with E-state index in [2.05, 4.69) is 10.6 Å². The van der Waals surface area contributed by atoms with Gasteiger partial charge in [-0.2, -0.15) is 0 Å². The van der Waals surface area contributed by atoms with Gasteiger partial charge in [0.25, 0.3) is 5.91 Å². The molecule has 0 heterocycles. The number of carbonyl (C=O) groups excluding carboxylic acids is 2. The third kappa shape index (κ3) is 7.25. The maximum atomic E-state index is 12.7. The van der Waals surface area contributed by atoms with E-state index in [4.69, 9.17) is 14.2 Å². The summed E-state index contributed by atoms with van der Waals surface area (Å²) in [5, 5.41) is 16.6. The van der Waals surface area contributed by atoms with Crippen LogP contribution in [0.2, 0.25) is 0 Å². The molecule has 1 atom stereocenters. The number of methoxy groups -OCH3 is 1. The lowest BCUT2D eigenvalue weighted by Crippen LogP contribution is -2.49. The highest BCUT2D eigenvalue weighted by atomic mass is 16.6. The van der Waals surface area contributed by atoms with Crippen LogP contribution >= 0.6 is 0 Å². The molecular formula is C24H32N2O6. The quantitative estimate of drug-likeness (QED) is 0.401. The SMILES string of the molecule is CCOC(=O)c1cc(NC(=O)c2ccccc2OC)ccc1OC(C)(O)CNC(C)(C)C. The van der Waals surface area contributed by atoms with Gasteiger partial charge in [-0.05, 0) is 58.0 Å². The molecule has 0 saturated carbocycles. The van der Waals surface area contributed by atoms with Crippen molar-refractivity contribution < 1.29 is 28.9 Å². The lowest BCUT2D eigenvalue weighted by atomic mass is 10.1. The molecule has 0 aromatic heterocycles. The van der Waals surface area contributed by atoms with E-state index >= 15 is 0 Å². The Morgan fingerprint density at radius 3 is 2.31 bits per heavy atom. The number of β-amino-alcohol motifs (C(OH)–C–C–N with tert-alkyl or cyclic N) is 1. The number of hydrogen-bond acceptors (Lipinski definition) is 7. The molecular weight excluding hydrogens is 412 g/mol. The fourth-order valence-electron chi connectivity index (χ4n) is 2.80. The number of rotatable bonds is 9. The molecule has 174 valence electrons. The lowest BCUT2D eigenvalue weighted by molar-refractivity contribution is -0.121. The number of esters is 1. The van der Waals surface area contributed by atoms with Gasteiger partial charge >= 0.3 is 5.97 Å². The van der Waals surface area contributed by atoms with E-state index in [1.165, 1.54) is 26.2 Å². The van der Waals surface area contributed by atoms with Gasteiger partial charge in [0.2, 0.25) is 5.79 Å². The van der Waals surface area contributed by atoms with Gasteiger partial charge in [-0.1, -0.05) is 12.1 Å². The minimum Gasteiger partial charge on any atom is -0.496 e. The predicted molar refractivity (Wildman–Crippen MR) is 122 cm³/mol. The highest BCUT2D eigenvalue weighted by Gasteiger charge is 2.28. The van der Waals surface area contributed by atoms with Crippen LogP contribution in [0, 0.1) is 0 Å². The van der Waals surface area contributed by atoms with Crippen molar-refractivity contribution in [3.63, 3.8) is 0 Å². The monoisotopic (exact) mass is 444 g/mol.